The van der Waals surface area contributed by atoms with Gasteiger partial charge in [0.15, 0.2) is 15.8 Å². The Morgan fingerprint density at radius 3 is 2.21 bits per heavy atom. The van der Waals surface area contributed by atoms with E-state index in [0.29, 0.717) is 38.4 Å². The molecule has 164 valence electrons. The Balaban J connectivity index is 2.84. The lowest BCUT2D eigenvalue weighted by atomic mass is 9.93. The molecule has 1 aliphatic heterocycles. The number of nitrogens with zero attached hydrogens (tertiary/aromatic N) is 2. The van der Waals surface area contributed by atoms with Gasteiger partial charge >= 0.3 is 6.09 Å². The van der Waals surface area contributed by atoms with Crippen molar-refractivity contribution < 1.29 is 17.9 Å². The molecule has 0 saturated carbocycles. The number of carbonyl (C=O) groups excluding carboxylic acids is 1. The topological polar surface area (TPSA) is 100 Å². The average molecular weight is 419 g/mol. The van der Waals surface area contributed by atoms with Gasteiger partial charge in [0.1, 0.15) is 5.60 Å². The molecule has 1 amide bonds. The first-order valence-corrected chi connectivity index (χ1v) is 11.5. The van der Waals surface area contributed by atoms with Gasteiger partial charge in [0.25, 0.3) is 0 Å². The Morgan fingerprint density at radius 2 is 1.79 bits per heavy atom. The molecule has 0 aromatic carbocycles. The van der Waals surface area contributed by atoms with Crippen LogP contribution >= 0.6 is 0 Å². The second-order valence-corrected chi connectivity index (χ2v) is 11.8. The highest BCUT2D eigenvalue weighted by Crippen LogP contribution is 2.24. The monoisotopic (exact) mass is 418 g/mol. The summed E-state index contributed by atoms with van der Waals surface area (Å²) >= 11 is 0. The molecular weight excluding hydrogens is 380 g/mol. The van der Waals surface area contributed by atoms with Crippen LogP contribution in [0.3, 0.4) is 0 Å². The van der Waals surface area contributed by atoms with Gasteiger partial charge < -0.3 is 20.3 Å². The van der Waals surface area contributed by atoms with E-state index in [0.717, 1.165) is 0 Å². The van der Waals surface area contributed by atoms with Crippen LogP contribution < -0.4 is 10.6 Å². The minimum atomic E-state index is -3.12. The zero-order valence-corrected chi connectivity index (χ0v) is 19.5. The fourth-order valence-electron chi connectivity index (χ4n) is 3.15. The SMILES string of the molecule is CCC(CC)(CNC(=NC)N1CCS(=O)(=O)C(C)(C)C1)NC(=O)OC(C)(C)C. The highest BCUT2D eigenvalue weighted by Gasteiger charge is 2.41. The van der Waals surface area contributed by atoms with Gasteiger partial charge in [-0.25, -0.2) is 13.2 Å². The van der Waals surface area contributed by atoms with E-state index in [4.69, 9.17) is 4.74 Å². The summed E-state index contributed by atoms with van der Waals surface area (Å²) < 4.78 is 29.1. The standard InChI is InChI=1S/C19H38N4O4S/c1-9-19(10-2,22-16(24)27-17(3,4)5)13-21-15(20-8)23-11-12-28(25,26)18(6,7)14-23/h9-14H2,1-8H3,(H,20,21)(H,22,24). The molecule has 1 saturated heterocycles. The van der Waals surface area contributed by atoms with Crippen molar-refractivity contribution >= 4 is 21.9 Å². The highest BCUT2D eigenvalue weighted by atomic mass is 32.2. The van der Waals surface area contributed by atoms with E-state index in [-0.39, 0.29) is 5.75 Å². The van der Waals surface area contributed by atoms with Gasteiger partial charge in [0.2, 0.25) is 0 Å². The molecule has 0 aliphatic carbocycles. The lowest BCUT2D eigenvalue weighted by molar-refractivity contribution is 0.0448. The number of ether oxygens (including phenoxy) is 1. The lowest BCUT2D eigenvalue weighted by Gasteiger charge is -2.40. The first-order chi connectivity index (χ1) is 12.7. The van der Waals surface area contributed by atoms with Crippen LogP contribution in [0.4, 0.5) is 4.79 Å². The van der Waals surface area contributed by atoms with Gasteiger partial charge in [-0.1, -0.05) is 13.8 Å². The summed E-state index contributed by atoms with van der Waals surface area (Å²) in [6, 6.07) is 0. The molecular formula is C19H38N4O4S. The Hall–Kier alpha value is -1.51. The summed E-state index contributed by atoms with van der Waals surface area (Å²) in [6.45, 7) is 14.3. The third-order valence-electron chi connectivity index (χ3n) is 5.26. The van der Waals surface area contributed by atoms with Crippen LogP contribution in [-0.4, -0.2) is 73.7 Å². The van der Waals surface area contributed by atoms with Crippen LogP contribution in [0, 0.1) is 0 Å². The van der Waals surface area contributed by atoms with E-state index in [1.807, 2.05) is 39.5 Å². The molecule has 1 aliphatic rings. The summed E-state index contributed by atoms with van der Waals surface area (Å²) in [7, 11) is -1.44. The summed E-state index contributed by atoms with van der Waals surface area (Å²) in [5, 5.41) is 6.33. The summed E-state index contributed by atoms with van der Waals surface area (Å²) in [6.07, 6.45) is 0.984. The number of amides is 1. The number of hydrogen-bond donors (Lipinski definition) is 2. The van der Waals surface area contributed by atoms with Crippen LogP contribution in [0.1, 0.15) is 61.3 Å². The number of carbonyl (C=O) groups is 1. The van der Waals surface area contributed by atoms with Gasteiger partial charge in [-0.05, 0) is 47.5 Å². The fourth-order valence-corrected chi connectivity index (χ4v) is 4.51. The van der Waals surface area contributed by atoms with Crippen LogP contribution in [0.15, 0.2) is 4.99 Å². The van der Waals surface area contributed by atoms with Gasteiger partial charge in [-0.15, -0.1) is 0 Å². The summed E-state index contributed by atoms with van der Waals surface area (Å²) in [5.41, 5.74) is -1.05. The maximum Gasteiger partial charge on any atom is 0.408 e. The van der Waals surface area contributed by atoms with Gasteiger partial charge in [0, 0.05) is 26.7 Å². The molecule has 2 N–H and O–H groups in total. The van der Waals surface area contributed by atoms with E-state index in [1.54, 1.807) is 20.9 Å². The van der Waals surface area contributed by atoms with Gasteiger partial charge in [-0.3, -0.25) is 4.99 Å². The van der Waals surface area contributed by atoms with Crippen LogP contribution in [0.2, 0.25) is 0 Å². The van der Waals surface area contributed by atoms with Crippen molar-refractivity contribution in [2.24, 2.45) is 4.99 Å². The molecule has 0 bridgehead atoms. The van der Waals surface area contributed by atoms with Crippen molar-refractivity contribution in [1.29, 1.82) is 0 Å². The molecule has 8 nitrogen and oxygen atoms in total. The molecule has 0 aromatic heterocycles. The molecule has 0 unspecified atom stereocenters. The van der Waals surface area contributed by atoms with Crippen LogP contribution in [0.25, 0.3) is 0 Å². The number of nitrogens with one attached hydrogen (secondary N) is 2. The van der Waals surface area contributed by atoms with Gasteiger partial charge in [0.05, 0.1) is 16.0 Å². The van der Waals surface area contributed by atoms with Crippen molar-refractivity contribution in [2.45, 2.75) is 77.2 Å². The number of rotatable bonds is 5. The molecule has 0 atom stereocenters. The first-order valence-electron chi connectivity index (χ1n) is 9.90. The Morgan fingerprint density at radius 1 is 1.21 bits per heavy atom. The number of aliphatic imine (C=N–C) groups is 1. The molecule has 0 radical (unpaired) electrons. The van der Waals surface area contributed by atoms with E-state index >= 15 is 0 Å². The van der Waals surface area contributed by atoms with Crippen molar-refractivity contribution in [1.82, 2.24) is 15.5 Å². The van der Waals surface area contributed by atoms with Crippen molar-refractivity contribution in [2.75, 3.05) is 32.4 Å². The van der Waals surface area contributed by atoms with E-state index in [1.165, 1.54) is 0 Å². The van der Waals surface area contributed by atoms with Crippen LogP contribution in [-0.2, 0) is 14.6 Å². The maximum absolute atomic E-state index is 12.3. The second-order valence-electron chi connectivity index (χ2n) is 9.02. The zero-order valence-electron chi connectivity index (χ0n) is 18.7. The second kappa shape index (κ2) is 8.88. The highest BCUT2D eigenvalue weighted by molar-refractivity contribution is 7.92. The first kappa shape index (κ1) is 24.5. The largest absolute Gasteiger partial charge is 0.444 e. The minimum absolute atomic E-state index is 0.101. The van der Waals surface area contributed by atoms with Crippen molar-refractivity contribution in [3.05, 3.63) is 0 Å². The van der Waals surface area contributed by atoms with E-state index < -0.39 is 31.8 Å². The Bertz CT molecular complexity index is 677. The lowest BCUT2D eigenvalue weighted by Crippen LogP contribution is -2.60. The predicted octanol–water partition coefficient (Wildman–Crippen LogP) is 2.15. The van der Waals surface area contributed by atoms with Crippen molar-refractivity contribution in [3.63, 3.8) is 0 Å². The molecule has 1 heterocycles. The average Bonchev–Trinajstić information content (AvgIpc) is 2.55. The molecule has 1 fully saturated rings. The minimum Gasteiger partial charge on any atom is -0.444 e. The number of hydrogen-bond acceptors (Lipinski definition) is 5. The normalized spacial score (nSPS) is 19.9. The molecule has 1 rings (SSSR count). The van der Waals surface area contributed by atoms with Crippen LogP contribution in [0.5, 0.6) is 0 Å². The predicted molar refractivity (Wildman–Crippen MR) is 113 cm³/mol. The number of sulfone groups is 1. The van der Waals surface area contributed by atoms with Gasteiger partial charge in [-0.2, -0.15) is 0 Å². The Kier molecular flexibility index (Phi) is 7.78. The number of guanidine groups is 1. The van der Waals surface area contributed by atoms with E-state index in [2.05, 4.69) is 15.6 Å². The third kappa shape index (κ3) is 6.25. The quantitative estimate of drug-likeness (QED) is 0.524. The van der Waals surface area contributed by atoms with E-state index in [9.17, 15) is 13.2 Å². The molecule has 0 aromatic rings. The fraction of sp³-hybridized carbons (Fsp3) is 0.895. The molecule has 0 spiro atoms. The maximum atomic E-state index is 12.3. The zero-order chi connectivity index (χ0) is 21.8. The molecule has 28 heavy (non-hydrogen) atoms. The third-order valence-corrected chi connectivity index (χ3v) is 7.79. The number of alkyl carbamates (subject to hydrolysis) is 1. The summed E-state index contributed by atoms with van der Waals surface area (Å²) in [4.78, 5) is 18.6. The molecule has 9 heteroatoms. The smallest absolute Gasteiger partial charge is 0.408 e. The van der Waals surface area contributed by atoms with Crippen molar-refractivity contribution in [3.8, 4) is 0 Å². The summed E-state index contributed by atoms with van der Waals surface area (Å²) in [5.74, 6) is 0.740. The Labute approximate surface area is 170 Å².